The smallest absolute Gasteiger partial charge is 0.0726 e. The highest BCUT2D eigenvalue weighted by Crippen LogP contribution is 2.15. The molecule has 1 saturated heterocycles. The highest BCUT2D eigenvalue weighted by Gasteiger charge is 2.21. The van der Waals surface area contributed by atoms with Gasteiger partial charge in [-0.25, -0.2) is 0 Å². The van der Waals surface area contributed by atoms with Crippen molar-refractivity contribution in [2.24, 2.45) is 0 Å². The minimum absolute atomic E-state index is 0.439. The van der Waals surface area contributed by atoms with Crippen LogP contribution in [-0.2, 0) is 9.47 Å². The molecule has 0 aromatic carbocycles. The van der Waals surface area contributed by atoms with Gasteiger partial charge in [0.25, 0.3) is 0 Å². The summed E-state index contributed by atoms with van der Waals surface area (Å²) in [5, 5.41) is 3.51. The molecule has 0 radical (unpaired) electrons. The van der Waals surface area contributed by atoms with Gasteiger partial charge in [0.05, 0.1) is 12.7 Å². The van der Waals surface area contributed by atoms with E-state index in [2.05, 4.69) is 12.2 Å². The van der Waals surface area contributed by atoms with Crippen LogP contribution in [-0.4, -0.2) is 50.5 Å². The summed E-state index contributed by atoms with van der Waals surface area (Å²) in [4.78, 5) is 0. The van der Waals surface area contributed by atoms with Gasteiger partial charge in [-0.05, 0) is 19.8 Å². The molecule has 0 aromatic heterocycles. The first-order valence-electron chi connectivity index (χ1n) is 5.76. The van der Waals surface area contributed by atoms with Crippen LogP contribution in [0, 0.1) is 0 Å². The predicted octanol–water partition coefficient (Wildman–Crippen LogP) is 1.52. The summed E-state index contributed by atoms with van der Waals surface area (Å²) in [6.45, 7) is 5.08. The van der Waals surface area contributed by atoms with Gasteiger partial charge in [0, 0.05) is 37.8 Å². The summed E-state index contributed by atoms with van der Waals surface area (Å²) in [7, 11) is 1.75. The van der Waals surface area contributed by atoms with Gasteiger partial charge in [-0.2, -0.15) is 11.8 Å². The van der Waals surface area contributed by atoms with Crippen LogP contribution in [0.25, 0.3) is 0 Å². The van der Waals surface area contributed by atoms with Crippen LogP contribution in [0.1, 0.15) is 19.8 Å². The fourth-order valence-electron chi connectivity index (χ4n) is 1.73. The van der Waals surface area contributed by atoms with Gasteiger partial charge in [0.15, 0.2) is 0 Å². The molecule has 0 bridgehead atoms. The van der Waals surface area contributed by atoms with Crippen LogP contribution in [0.5, 0.6) is 0 Å². The molecule has 0 amide bonds. The van der Waals surface area contributed by atoms with E-state index in [1.165, 1.54) is 12.8 Å². The number of ether oxygens (including phenoxy) is 2. The number of rotatable bonds is 8. The Morgan fingerprint density at radius 1 is 1.53 bits per heavy atom. The summed E-state index contributed by atoms with van der Waals surface area (Å²) in [5.41, 5.74) is 0. The molecule has 0 aliphatic carbocycles. The molecular weight excluding hydrogens is 210 g/mol. The Morgan fingerprint density at radius 3 is 3.07 bits per heavy atom. The molecular formula is C11H23NO2S. The van der Waals surface area contributed by atoms with Crippen molar-refractivity contribution in [3.8, 4) is 0 Å². The first-order valence-corrected chi connectivity index (χ1v) is 6.91. The quantitative estimate of drug-likeness (QED) is 0.644. The Hall–Kier alpha value is 0.230. The van der Waals surface area contributed by atoms with Crippen molar-refractivity contribution in [3.05, 3.63) is 0 Å². The minimum atomic E-state index is 0.439. The SMILES string of the molecule is COCCSCCNC(C)C1CCCO1. The van der Waals surface area contributed by atoms with Gasteiger partial charge < -0.3 is 14.8 Å². The lowest BCUT2D eigenvalue weighted by atomic mass is 10.1. The number of hydrogen-bond donors (Lipinski definition) is 1. The van der Waals surface area contributed by atoms with Gasteiger partial charge in [0.1, 0.15) is 0 Å². The fourth-order valence-corrected chi connectivity index (χ4v) is 2.48. The van der Waals surface area contributed by atoms with E-state index in [0.29, 0.717) is 12.1 Å². The van der Waals surface area contributed by atoms with Crippen molar-refractivity contribution in [2.45, 2.75) is 31.9 Å². The first-order chi connectivity index (χ1) is 7.34. The topological polar surface area (TPSA) is 30.5 Å². The molecule has 4 heteroatoms. The lowest BCUT2D eigenvalue weighted by molar-refractivity contribution is 0.0844. The van der Waals surface area contributed by atoms with Crippen LogP contribution in [0.4, 0.5) is 0 Å². The van der Waals surface area contributed by atoms with E-state index in [1.807, 2.05) is 11.8 Å². The van der Waals surface area contributed by atoms with Crippen molar-refractivity contribution < 1.29 is 9.47 Å². The summed E-state index contributed by atoms with van der Waals surface area (Å²) in [6, 6.07) is 0.496. The van der Waals surface area contributed by atoms with E-state index < -0.39 is 0 Å². The highest BCUT2D eigenvalue weighted by molar-refractivity contribution is 7.99. The van der Waals surface area contributed by atoms with E-state index in [-0.39, 0.29) is 0 Å². The van der Waals surface area contributed by atoms with E-state index in [0.717, 1.165) is 31.3 Å². The van der Waals surface area contributed by atoms with Crippen LogP contribution in [0.3, 0.4) is 0 Å². The molecule has 2 atom stereocenters. The largest absolute Gasteiger partial charge is 0.384 e. The molecule has 1 heterocycles. The maximum Gasteiger partial charge on any atom is 0.0726 e. The zero-order valence-electron chi connectivity index (χ0n) is 9.83. The average molecular weight is 233 g/mol. The standard InChI is InChI=1S/C11H23NO2S/c1-10(11-4-3-6-14-11)12-5-8-15-9-7-13-2/h10-12H,3-9H2,1-2H3. The van der Waals surface area contributed by atoms with Gasteiger partial charge in [-0.3, -0.25) is 0 Å². The lowest BCUT2D eigenvalue weighted by Gasteiger charge is -2.19. The molecule has 1 aliphatic heterocycles. The second-order valence-corrected chi connectivity index (χ2v) is 5.12. The van der Waals surface area contributed by atoms with Crippen molar-refractivity contribution in [3.63, 3.8) is 0 Å². The Bertz CT molecular complexity index is 152. The van der Waals surface area contributed by atoms with E-state index in [9.17, 15) is 0 Å². The number of nitrogens with one attached hydrogen (secondary N) is 1. The predicted molar refractivity (Wildman–Crippen MR) is 65.6 cm³/mol. The molecule has 1 fully saturated rings. The molecule has 0 spiro atoms. The second kappa shape index (κ2) is 8.39. The van der Waals surface area contributed by atoms with E-state index in [4.69, 9.17) is 9.47 Å². The Balaban J connectivity index is 1.90. The molecule has 3 nitrogen and oxygen atoms in total. The fraction of sp³-hybridized carbons (Fsp3) is 1.00. The third-order valence-electron chi connectivity index (χ3n) is 2.67. The van der Waals surface area contributed by atoms with Crippen molar-refractivity contribution in [2.75, 3.05) is 38.4 Å². The maximum absolute atomic E-state index is 5.62. The summed E-state index contributed by atoms with van der Waals surface area (Å²) in [5.74, 6) is 2.24. The maximum atomic E-state index is 5.62. The van der Waals surface area contributed by atoms with Gasteiger partial charge in [-0.15, -0.1) is 0 Å². The average Bonchev–Trinajstić information content (AvgIpc) is 2.76. The normalized spacial score (nSPS) is 23.2. The van der Waals surface area contributed by atoms with Crippen molar-refractivity contribution in [1.82, 2.24) is 5.32 Å². The summed E-state index contributed by atoms with van der Waals surface area (Å²) >= 11 is 1.93. The summed E-state index contributed by atoms with van der Waals surface area (Å²) in [6.07, 6.45) is 2.87. The molecule has 2 unspecified atom stereocenters. The zero-order valence-corrected chi connectivity index (χ0v) is 10.6. The van der Waals surface area contributed by atoms with E-state index in [1.54, 1.807) is 7.11 Å². The van der Waals surface area contributed by atoms with Crippen molar-refractivity contribution >= 4 is 11.8 Å². The monoisotopic (exact) mass is 233 g/mol. The van der Waals surface area contributed by atoms with Crippen molar-refractivity contribution in [1.29, 1.82) is 0 Å². The molecule has 0 aromatic rings. The Labute approximate surface area is 97.3 Å². The van der Waals surface area contributed by atoms with Crippen LogP contribution in [0.2, 0.25) is 0 Å². The molecule has 90 valence electrons. The van der Waals surface area contributed by atoms with Crippen LogP contribution >= 0.6 is 11.8 Å². The van der Waals surface area contributed by atoms with Crippen LogP contribution in [0.15, 0.2) is 0 Å². The molecule has 1 aliphatic rings. The van der Waals surface area contributed by atoms with E-state index >= 15 is 0 Å². The Morgan fingerprint density at radius 2 is 2.40 bits per heavy atom. The summed E-state index contributed by atoms with van der Waals surface area (Å²) < 4.78 is 10.6. The third-order valence-corrected chi connectivity index (χ3v) is 3.62. The molecule has 1 rings (SSSR count). The van der Waals surface area contributed by atoms with Gasteiger partial charge in [-0.1, -0.05) is 0 Å². The lowest BCUT2D eigenvalue weighted by Crippen LogP contribution is -2.38. The number of hydrogen-bond acceptors (Lipinski definition) is 4. The van der Waals surface area contributed by atoms with Gasteiger partial charge in [0.2, 0.25) is 0 Å². The Kier molecular flexibility index (Phi) is 7.44. The number of methoxy groups -OCH3 is 1. The zero-order chi connectivity index (χ0) is 10.9. The molecule has 1 N–H and O–H groups in total. The highest BCUT2D eigenvalue weighted by atomic mass is 32.2. The van der Waals surface area contributed by atoms with Gasteiger partial charge >= 0.3 is 0 Å². The number of thioether (sulfide) groups is 1. The minimum Gasteiger partial charge on any atom is -0.384 e. The van der Waals surface area contributed by atoms with Crippen LogP contribution < -0.4 is 5.32 Å². The first kappa shape index (κ1) is 13.3. The second-order valence-electron chi connectivity index (χ2n) is 3.90. The molecule has 15 heavy (non-hydrogen) atoms. The third kappa shape index (κ3) is 5.76. The molecule has 0 saturated carbocycles.